The van der Waals surface area contributed by atoms with E-state index >= 15 is 0 Å². The van der Waals surface area contributed by atoms with Gasteiger partial charge in [0.15, 0.2) is 0 Å². The number of aliphatic hydroxyl groups excluding tert-OH is 1. The summed E-state index contributed by atoms with van der Waals surface area (Å²) < 4.78 is 23.5. The summed E-state index contributed by atoms with van der Waals surface area (Å²) in [6, 6.07) is -0.864. The number of nitrogens with one attached hydrogen (secondary N) is 1. The van der Waals surface area contributed by atoms with E-state index in [1.165, 1.54) is 148 Å². The molecule has 8 nitrogen and oxygen atoms in total. The molecule has 1 amide bonds. The molecule has 0 heterocycles. The number of rotatable bonds is 43. The fourth-order valence-corrected chi connectivity index (χ4v) is 7.64. The molecule has 3 unspecified atom stereocenters. The number of phosphoric ester groups is 1. The average Bonchev–Trinajstić information content (AvgIpc) is 3.16. The van der Waals surface area contributed by atoms with E-state index in [0.29, 0.717) is 17.4 Å². The molecular formula is C48H94N2O6P+. The number of likely N-dealkylation sites (N-methyl/N-ethyl adjacent to an activating group) is 1. The van der Waals surface area contributed by atoms with E-state index < -0.39 is 20.0 Å². The molecule has 0 saturated carbocycles. The number of unbranched alkanes of at least 4 members (excludes halogenated alkanes) is 27. The van der Waals surface area contributed by atoms with Crippen molar-refractivity contribution < 1.29 is 32.9 Å². The van der Waals surface area contributed by atoms with E-state index in [0.717, 1.165) is 44.9 Å². The Morgan fingerprint density at radius 2 is 1.00 bits per heavy atom. The van der Waals surface area contributed by atoms with Crippen LogP contribution in [0, 0.1) is 0 Å². The standard InChI is InChI=1S/C48H93N2O6P/c1-6-8-10-12-14-16-17-18-19-20-21-22-23-24-25-26-27-28-29-30-31-32-34-36-38-40-42-48(52)49-46(45-56-57(53,54)55-44-43-50(3,4)5)47(51)41-39-37-35-33-15-13-11-9-7-2/h7,9,15,33,39,41,46-47,51H,6,8,10-14,16-32,34-38,40,42-45H2,1-5H3,(H-,49,52,53,54)/p+1/b9-7+,33-15+,41-39+. The SMILES string of the molecule is C/C=C/CC/C=C/CC/C=C/C(O)C(COP(=O)(O)OCC[N+](C)(C)C)NC(=O)CCCCCCCCCCCCCCCCCCCCCCCCCCCC. The van der Waals surface area contributed by atoms with E-state index in [9.17, 15) is 19.4 Å². The molecule has 0 radical (unpaired) electrons. The highest BCUT2D eigenvalue weighted by molar-refractivity contribution is 7.47. The number of carbonyl (C=O) groups excluding carboxylic acids is 1. The summed E-state index contributed by atoms with van der Waals surface area (Å²) in [5.41, 5.74) is 0. The number of amides is 1. The van der Waals surface area contributed by atoms with E-state index in [1.807, 2.05) is 34.1 Å². The van der Waals surface area contributed by atoms with Crippen molar-refractivity contribution in [3.63, 3.8) is 0 Å². The Balaban J connectivity index is 4.08. The lowest BCUT2D eigenvalue weighted by Gasteiger charge is -2.25. The van der Waals surface area contributed by atoms with Crippen molar-refractivity contribution in [3.8, 4) is 0 Å². The van der Waals surface area contributed by atoms with E-state index in [1.54, 1.807) is 6.08 Å². The molecule has 0 bridgehead atoms. The summed E-state index contributed by atoms with van der Waals surface area (Å²) in [6.45, 7) is 4.56. The molecule has 0 fully saturated rings. The van der Waals surface area contributed by atoms with Crippen molar-refractivity contribution in [2.75, 3.05) is 40.9 Å². The van der Waals surface area contributed by atoms with Gasteiger partial charge in [-0.3, -0.25) is 13.8 Å². The zero-order chi connectivity index (χ0) is 42.1. The summed E-state index contributed by atoms with van der Waals surface area (Å²) in [5.74, 6) is -0.191. The van der Waals surface area contributed by atoms with Crippen molar-refractivity contribution in [2.45, 2.75) is 225 Å². The van der Waals surface area contributed by atoms with Crippen LogP contribution in [0.5, 0.6) is 0 Å². The van der Waals surface area contributed by atoms with Gasteiger partial charge >= 0.3 is 7.82 Å². The lowest BCUT2D eigenvalue weighted by molar-refractivity contribution is -0.870. The number of hydrogen-bond acceptors (Lipinski definition) is 5. The molecule has 3 N–H and O–H groups in total. The Hall–Kier alpha value is -1.28. The van der Waals surface area contributed by atoms with Crippen LogP contribution in [0.25, 0.3) is 0 Å². The molecule has 0 aromatic carbocycles. The van der Waals surface area contributed by atoms with Gasteiger partial charge in [0.1, 0.15) is 13.2 Å². The number of hydrogen-bond donors (Lipinski definition) is 3. The van der Waals surface area contributed by atoms with Gasteiger partial charge in [-0.2, -0.15) is 0 Å². The molecule has 336 valence electrons. The van der Waals surface area contributed by atoms with Crippen LogP contribution in [-0.2, 0) is 18.4 Å². The Kier molecular flexibility index (Phi) is 39.2. The first-order valence-corrected chi connectivity index (χ1v) is 25.3. The van der Waals surface area contributed by atoms with E-state index in [-0.39, 0.29) is 19.1 Å². The number of nitrogens with zero attached hydrogens (tertiary/aromatic N) is 1. The highest BCUT2D eigenvalue weighted by Gasteiger charge is 2.27. The third kappa shape index (κ3) is 42.6. The average molecular weight is 826 g/mol. The molecule has 9 heteroatoms. The monoisotopic (exact) mass is 826 g/mol. The van der Waals surface area contributed by atoms with Gasteiger partial charge in [-0.05, 0) is 39.0 Å². The minimum atomic E-state index is -4.34. The predicted molar refractivity (Wildman–Crippen MR) is 244 cm³/mol. The molecule has 3 atom stereocenters. The van der Waals surface area contributed by atoms with Crippen LogP contribution in [0.3, 0.4) is 0 Å². The second-order valence-corrected chi connectivity index (χ2v) is 18.9. The fourth-order valence-electron chi connectivity index (χ4n) is 6.90. The first-order chi connectivity index (χ1) is 27.5. The molecule has 0 saturated heterocycles. The maximum absolute atomic E-state index is 12.8. The first kappa shape index (κ1) is 55.7. The largest absolute Gasteiger partial charge is 0.472 e. The zero-order valence-corrected chi connectivity index (χ0v) is 39.0. The van der Waals surface area contributed by atoms with Gasteiger partial charge in [0.05, 0.1) is 39.9 Å². The normalized spacial score (nSPS) is 14.6. The van der Waals surface area contributed by atoms with Gasteiger partial charge in [0.25, 0.3) is 0 Å². The minimum Gasteiger partial charge on any atom is -0.387 e. The molecule has 0 aliphatic rings. The number of carbonyl (C=O) groups is 1. The Bertz CT molecular complexity index is 1030. The summed E-state index contributed by atoms with van der Waals surface area (Å²) in [4.78, 5) is 23.1. The zero-order valence-electron chi connectivity index (χ0n) is 38.1. The van der Waals surface area contributed by atoms with Gasteiger partial charge in [0, 0.05) is 6.42 Å². The number of quaternary nitrogens is 1. The highest BCUT2D eigenvalue weighted by atomic mass is 31.2. The predicted octanol–water partition coefficient (Wildman–Crippen LogP) is 13.5. The first-order valence-electron chi connectivity index (χ1n) is 23.8. The number of allylic oxidation sites excluding steroid dienone is 5. The maximum atomic E-state index is 12.8. The van der Waals surface area contributed by atoms with Gasteiger partial charge in [0.2, 0.25) is 5.91 Å². The van der Waals surface area contributed by atoms with Gasteiger partial charge < -0.3 is 19.8 Å². The lowest BCUT2D eigenvalue weighted by atomic mass is 10.0. The van der Waals surface area contributed by atoms with E-state index in [2.05, 4.69) is 36.5 Å². The Labute approximate surface area is 353 Å². The molecular weight excluding hydrogens is 732 g/mol. The van der Waals surface area contributed by atoms with E-state index in [4.69, 9.17) is 9.05 Å². The van der Waals surface area contributed by atoms with Crippen LogP contribution in [-0.4, -0.2) is 73.4 Å². The molecule has 0 aliphatic carbocycles. The van der Waals surface area contributed by atoms with Crippen LogP contribution in [0.1, 0.15) is 213 Å². The van der Waals surface area contributed by atoms with Crippen molar-refractivity contribution in [2.24, 2.45) is 0 Å². The lowest BCUT2D eigenvalue weighted by Crippen LogP contribution is -2.45. The topological polar surface area (TPSA) is 105 Å². The van der Waals surface area contributed by atoms with Crippen LogP contribution >= 0.6 is 7.82 Å². The van der Waals surface area contributed by atoms with Crippen molar-refractivity contribution in [1.29, 1.82) is 0 Å². The van der Waals surface area contributed by atoms with Crippen LogP contribution < -0.4 is 5.32 Å². The van der Waals surface area contributed by atoms with Crippen molar-refractivity contribution >= 4 is 13.7 Å². The summed E-state index contributed by atoms with van der Waals surface area (Å²) in [5, 5.41) is 13.7. The number of aliphatic hydroxyl groups is 1. The molecule has 0 spiro atoms. The molecule has 0 rings (SSSR count). The van der Waals surface area contributed by atoms with Crippen LogP contribution in [0.15, 0.2) is 36.5 Å². The second-order valence-electron chi connectivity index (χ2n) is 17.5. The van der Waals surface area contributed by atoms with Gasteiger partial charge in [-0.15, -0.1) is 0 Å². The Morgan fingerprint density at radius 3 is 1.40 bits per heavy atom. The quantitative estimate of drug-likeness (QED) is 0.0245. The van der Waals surface area contributed by atoms with Gasteiger partial charge in [-0.25, -0.2) is 4.57 Å². The molecule has 0 aromatic heterocycles. The summed E-state index contributed by atoms with van der Waals surface area (Å²) in [6.07, 6.45) is 49.8. The highest BCUT2D eigenvalue weighted by Crippen LogP contribution is 2.43. The molecule has 0 aliphatic heterocycles. The summed E-state index contributed by atoms with van der Waals surface area (Å²) in [7, 11) is 1.55. The van der Waals surface area contributed by atoms with Crippen molar-refractivity contribution in [3.05, 3.63) is 36.5 Å². The smallest absolute Gasteiger partial charge is 0.387 e. The minimum absolute atomic E-state index is 0.0542. The number of phosphoric acid groups is 1. The van der Waals surface area contributed by atoms with Crippen molar-refractivity contribution in [1.82, 2.24) is 5.32 Å². The third-order valence-electron chi connectivity index (χ3n) is 10.7. The molecule has 57 heavy (non-hydrogen) atoms. The molecule has 0 aromatic rings. The third-order valence-corrected chi connectivity index (χ3v) is 11.7. The van der Waals surface area contributed by atoms with Crippen LogP contribution in [0.4, 0.5) is 0 Å². The fraction of sp³-hybridized carbons (Fsp3) is 0.854. The second kappa shape index (κ2) is 40.1. The Morgan fingerprint density at radius 1 is 0.614 bits per heavy atom. The maximum Gasteiger partial charge on any atom is 0.472 e. The summed E-state index contributed by atoms with van der Waals surface area (Å²) >= 11 is 0. The van der Waals surface area contributed by atoms with Gasteiger partial charge in [-0.1, -0.05) is 204 Å². The van der Waals surface area contributed by atoms with Crippen LogP contribution in [0.2, 0.25) is 0 Å².